The Bertz CT molecular complexity index is 832. The van der Waals surface area contributed by atoms with Crippen LogP contribution in [0.3, 0.4) is 0 Å². The first-order valence-electron chi connectivity index (χ1n) is 9.09. The summed E-state index contributed by atoms with van der Waals surface area (Å²) in [6.07, 6.45) is 0. The molecule has 3 rings (SSSR count). The van der Waals surface area contributed by atoms with Crippen LogP contribution in [0.2, 0.25) is 0 Å². The maximum absolute atomic E-state index is 6.15. The monoisotopic (exact) mass is 363 g/mol. The molecule has 0 aliphatic rings. The van der Waals surface area contributed by atoms with Crippen molar-refractivity contribution in [3.8, 4) is 17.2 Å². The van der Waals surface area contributed by atoms with Crippen LogP contribution in [-0.4, -0.2) is 13.7 Å². The van der Waals surface area contributed by atoms with E-state index in [1.807, 2.05) is 61.5 Å². The van der Waals surface area contributed by atoms with E-state index in [-0.39, 0.29) is 0 Å². The van der Waals surface area contributed by atoms with Crippen LogP contribution in [0.4, 0.5) is 5.69 Å². The summed E-state index contributed by atoms with van der Waals surface area (Å²) in [7, 11) is 1.66. The van der Waals surface area contributed by atoms with E-state index >= 15 is 0 Å². The van der Waals surface area contributed by atoms with E-state index in [1.54, 1.807) is 7.11 Å². The van der Waals surface area contributed by atoms with Gasteiger partial charge in [0.1, 0.15) is 12.4 Å². The predicted octanol–water partition coefficient (Wildman–Crippen LogP) is 5.29. The van der Waals surface area contributed by atoms with E-state index in [2.05, 4.69) is 23.5 Å². The van der Waals surface area contributed by atoms with Gasteiger partial charge in [-0.05, 0) is 42.8 Å². The molecule has 0 spiro atoms. The molecule has 0 aliphatic heterocycles. The Kier molecular flexibility index (Phi) is 6.58. The fraction of sp³-hybridized carbons (Fsp3) is 0.217. The van der Waals surface area contributed by atoms with Crippen molar-refractivity contribution in [1.29, 1.82) is 0 Å². The number of nitrogens with one attached hydrogen (secondary N) is 1. The number of rotatable bonds is 9. The number of anilines is 1. The molecular formula is C23H25NO3. The van der Waals surface area contributed by atoms with Crippen molar-refractivity contribution in [1.82, 2.24) is 0 Å². The lowest BCUT2D eigenvalue weighted by atomic mass is 10.1. The first kappa shape index (κ1) is 18.6. The molecule has 140 valence electrons. The fourth-order valence-corrected chi connectivity index (χ4v) is 2.77. The molecule has 4 nitrogen and oxygen atoms in total. The zero-order valence-electron chi connectivity index (χ0n) is 15.8. The third-order valence-corrected chi connectivity index (χ3v) is 4.16. The molecular weight excluding hydrogens is 338 g/mol. The van der Waals surface area contributed by atoms with Gasteiger partial charge in [-0.1, -0.05) is 42.5 Å². The SMILES string of the molecule is CCOc1cccc(CNc2ccc(OC)cc2)c1OCc1ccccc1. The molecule has 0 aromatic heterocycles. The highest BCUT2D eigenvalue weighted by molar-refractivity contribution is 5.51. The van der Waals surface area contributed by atoms with Gasteiger partial charge in [0.15, 0.2) is 11.5 Å². The molecule has 0 heterocycles. The van der Waals surface area contributed by atoms with Gasteiger partial charge in [0.25, 0.3) is 0 Å². The molecule has 0 saturated carbocycles. The van der Waals surface area contributed by atoms with E-state index in [4.69, 9.17) is 14.2 Å². The second-order valence-corrected chi connectivity index (χ2v) is 6.03. The van der Waals surface area contributed by atoms with E-state index in [0.717, 1.165) is 34.1 Å². The van der Waals surface area contributed by atoms with Gasteiger partial charge in [-0.2, -0.15) is 0 Å². The lowest BCUT2D eigenvalue weighted by Crippen LogP contribution is -2.06. The normalized spacial score (nSPS) is 10.3. The second kappa shape index (κ2) is 9.53. The van der Waals surface area contributed by atoms with Gasteiger partial charge in [0.05, 0.1) is 13.7 Å². The van der Waals surface area contributed by atoms with Crippen molar-refractivity contribution < 1.29 is 14.2 Å². The van der Waals surface area contributed by atoms with Crippen molar-refractivity contribution in [2.75, 3.05) is 19.0 Å². The summed E-state index contributed by atoms with van der Waals surface area (Å²) < 4.78 is 17.1. The number of hydrogen-bond donors (Lipinski definition) is 1. The summed E-state index contributed by atoms with van der Waals surface area (Å²) in [4.78, 5) is 0. The van der Waals surface area contributed by atoms with Crippen molar-refractivity contribution in [2.24, 2.45) is 0 Å². The van der Waals surface area contributed by atoms with E-state index < -0.39 is 0 Å². The third-order valence-electron chi connectivity index (χ3n) is 4.16. The van der Waals surface area contributed by atoms with Crippen LogP contribution in [0.25, 0.3) is 0 Å². The smallest absolute Gasteiger partial charge is 0.166 e. The van der Waals surface area contributed by atoms with Gasteiger partial charge in [0.2, 0.25) is 0 Å². The van der Waals surface area contributed by atoms with Crippen LogP contribution in [0, 0.1) is 0 Å². The Labute approximate surface area is 160 Å². The first-order chi connectivity index (χ1) is 13.3. The minimum absolute atomic E-state index is 0.500. The molecule has 0 aliphatic carbocycles. The molecule has 1 N–H and O–H groups in total. The summed E-state index contributed by atoms with van der Waals surface area (Å²) in [5.74, 6) is 2.39. The summed E-state index contributed by atoms with van der Waals surface area (Å²) in [6, 6.07) is 24.0. The van der Waals surface area contributed by atoms with Crippen LogP contribution in [0.5, 0.6) is 17.2 Å². The van der Waals surface area contributed by atoms with Gasteiger partial charge in [-0.15, -0.1) is 0 Å². The predicted molar refractivity (Wildman–Crippen MR) is 109 cm³/mol. The van der Waals surface area contributed by atoms with Crippen LogP contribution in [0.15, 0.2) is 72.8 Å². The lowest BCUT2D eigenvalue weighted by molar-refractivity contribution is 0.267. The Balaban J connectivity index is 1.75. The summed E-state index contributed by atoms with van der Waals surface area (Å²) in [5, 5.41) is 3.43. The molecule has 0 bridgehead atoms. The van der Waals surface area contributed by atoms with Gasteiger partial charge >= 0.3 is 0 Å². The fourth-order valence-electron chi connectivity index (χ4n) is 2.77. The van der Waals surface area contributed by atoms with Gasteiger partial charge in [-0.3, -0.25) is 0 Å². The molecule has 3 aromatic carbocycles. The molecule has 4 heteroatoms. The highest BCUT2D eigenvalue weighted by atomic mass is 16.5. The lowest BCUT2D eigenvalue weighted by Gasteiger charge is -2.17. The Morgan fingerprint density at radius 3 is 2.30 bits per heavy atom. The maximum Gasteiger partial charge on any atom is 0.166 e. The van der Waals surface area contributed by atoms with Crippen LogP contribution >= 0.6 is 0 Å². The Morgan fingerprint density at radius 2 is 1.59 bits per heavy atom. The highest BCUT2D eigenvalue weighted by Gasteiger charge is 2.11. The average molecular weight is 363 g/mol. The molecule has 0 unspecified atom stereocenters. The summed E-state index contributed by atoms with van der Waals surface area (Å²) in [5.41, 5.74) is 3.19. The first-order valence-corrected chi connectivity index (χ1v) is 9.09. The van der Waals surface area contributed by atoms with Crippen LogP contribution in [-0.2, 0) is 13.2 Å². The number of benzene rings is 3. The zero-order valence-corrected chi connectivity index (χ0v) is 15.8. The molecule has 0 radical (unpaired) electrons. The largest absolute Gasteiger partial charge is 0.497 e. The molecule has 27 heavy (non-hydrogen) atoms. The highest BCUT2D eigenvalue weighted by Crippen LogP contribution is 2.33. The van der Waals surface area contributed by atoms with Crippen molar-refractivity contribution in [3.63, 3.8) is 0 Å². The Hall–Kier alpha value is -3.14. The number of hydrogen-bond acceptors (Lipinski definition) is 4. The number of methoxy groups -OCH3 is 1. The van der Waals surface area contributed by atoms with Crippen molar-refractivity contribution in [3.05, 3.63) is 83.9 Å². The minimum atomic E-state index is 0.500. The van der Waals surface area contributed by atoms with Crippen molar-refractivity contribution >= 4 is 5.69 Å². The minimum Gasteiger partial charge on any atom is -0.497 e. The van der Waals surface area contributed by atoms with Gasteiger partial charge in [-0.25, -0.2) is 0 Å². The molecule has 0 atom stereocenters. The Morgan fingerprint density at radius 1 is 0.815 bits per heavy atom. The zero-order chi connectivity index (χ0) is 18.9. The summed E-state index contributed by atoms with van der Waals surface area (Å²) in [6.45, 7) is 3.71. The number of ether oxygens (including phenoxy) is 3. The van der Waals surface area contributed by atoms with Gasteiger partial charge in [0, 0.05) is 17.8 Å². The van der Waals surface area contributed by atoms with E-state index in [1.165, 1.54) is 0 Å². The molecule has 0 saturated heterocycles. The van der Waals surface area contributed by atoms with Crippen LogP contribution < -0.4 is 19.5 Å². The third kappa shape index (κ3) is 5.17. The summed E-state index contributed by atoms with van der Waals surface area (Å²) >= 11 is 0. The van der Waals surface area contributed by atoms with Crippen LogP contribution in [0.1, 0.15) is 18.1 Å². The standard InChI is InChI=1S/C23H25NO3/c1-3-26-22-11-7-10-19(16-24-20-12-14-21(25-2)15-13-20)23(22)27-17-18-8-5-4-6-9-18/h4-15,24H,3,16-17H2,1-2H3. The van der Waals surface area contributed by atoms with E-state index in [9.17, 15) is 0 Å². The van der Waals surface area contributed by atoms with Crippen molar-refractivity contribution in [2.45, 2.75) is 20.1 Å². The second-order valence-electron chi connectivity index (χ2n) is 6.03. The van der Waals surface area contributed by atoms with E-state index in [0.29, 0.717) is 19.8 Å². The maximum atomic E-state index is 6.15. The van der Waals surface area contributed by atoms with Gasteiger partial charge < -0.3 is 19.5 Å². The quantitative estimate of drug-likeness (QED) is 0.561. The molecule has 0 amide bonds. The topological polar surface area (TPSA) is 39.7 Å². The average Bonchev–Trinajstić information content (AvgIpc) is 2.73. The molecule has 3 aromatic rings. The number of para-hydroxylation sites is 1. The molecule has 0 fully saturated rings.